The highest BCUT2D eigenvalue weighted by atomic mass is 16.5. The zero-order valence-corrected chi connectivity index (χ0v) is 18.3. The smallest absolute Gasteiger partial charge is 0.255 e. The van der Waals surface area contributed by atoms with Gasteiger partial charge in [0.1, 0.15) is 11.5 Å². The summed E-state index contributed by atoms with van der Waals surface area (Å²) in [6.45, 7) is 4.67. The SMILES string of the molecule is CCOc1ccc(C(NC(=O)CNC(=O)c2ccccc2OCC)c2ccccc2)cc1. The van der Waals surface area contributed by atoms with Gasteiger partial charge in [-0.2, -0.15) is 0 Å². The Balaban J connectivity index is 1.70. The van der Waals surface area contributed by atoms with Crippen LogP contribution in [0.4, 0.5) is 0 Å². The van der Waals surface area contributed by atoms with E-state index in [-0.39, 0.29) is 24.4 Å². The molecule has 0 aliphatic heterocycles. The number of ether oxygens (including phenoxy) is 2. The summed E-state index contributed by atoms with van der Waals surface area (Å²) in [5, 5.41) is 5.70. The maximum absolute atomic E-state index is 12.7. The minimum Gasteiger partial charge on any atom is -0.494 e. The van der Waals surface area contributed by atoms with Gasteiger partial charge >= 0.3 is 0 Å². The molecule has 6 nitrogen and oxygen atoms in total. The van der Waals surface area contributed by atoms with Crippen molar-refractivity contribution in [3.05, 3.63) is 95.6 Å². The fraction of sp³-hybridized carbons (Fsp3) is 0.231. The molecule has 2 N–H and O–H groups in total. The first-order valence-electron chi connectivity index (χ1n) is 10.7. The average molecular weight is 433 g/mol. The Morgan fingerprint density at radius 1 is 0.781 bits per heavy atom. The predicted octanol–water partition coefficient (Wildman–Crippen LogP) is 4.12. The van der Waals surface area contributed by atoms with Gasteiger partial charge < -0.3 is 20.1 Å². The number of hydrogen-bond donors (Lipinski definition) is 2. The van der Waals surface area contributed by atoms with Gasteiger partial charge in [0.15, 0.2) is 0 Å². The van der Waals surface area contributed by atoms with E-state index in [0.717, 1.165) is 16.9 Å². The lowest BCUT2D eigenvalue weighted by molar-refractivity contribution is -0.120. The Morgan fingerprint density at radius 2 is 1.41 bits per heavy atom. The van der Waals surface area contributed by atoms with Crippen molar-refractivity contribution in [3.8, 4) is 11.5 Å². The normalized spacial score (nSPS) is 11.3. The van der Waals surface area contributed by atoms with E-state index in [0.29, 0.717) is 24.5 Å². The molecule has 0 saturated heterocycles. The number of carbonyl (C=O) groups excluding carboxylic acids is 2. The van der Waals surface area contributed by atoms with E-state index in [4.69, 9.17) is 9.47 Å². The lowest BCUT2D eigenvalue weighted by Crippen LogP contribution is -2.39. The van der Waals surface area contributed by atoms with E-state index in [2.05, 4.69) is 10.6 Å². The lowest BCUT2D eigenvalue weighted by Gasteiger charge is -2.20. The molecule has 0 radical (unpaired) electrons. The van der Waals surface area contributed by atoms with Gasteiger partial charge in [-0.3, -0.25) is 9.59 Å². The highest BCUT2D eigenvalue weighted by Gasteiger charge is 2.18. The molecular weight excluding hydrogens is 404 g/mol. The summed E-state index contributed by atoms with van der Waals surface area (Å²) in [6, 6.07) is 23.9. The molecule has 0 heterocycles. The van der Waals surface area contributed by atoms with Gasteiger partial charge in [0.2, 0.25) is 5.91 Å². The summed E-state index contributed by atoms with van der Waals surface area (Å²) < 4.78 is 11.0. The molecule has 1 atom stereocenters. The molecule has 3 rings (SSSR count). The molecular formula is C26H28N2O4. The van der Waals surface area contributed by atoms with Crippen LogP contribution in [0.25, 0.3) is 0 Å². The maximum atomic E-state index is 12.7. The van der Waals surface area contributed by atoms with Crippen LogP contribution in [-0.4, -0.2) is 31.6 Å². The summed E-state index contributed by atoms with van der Waals surface area (Å²) >= 11 is 0. The van der Waals surface area contributed by atoms with E-state index >= 15 is 0 Å². The van der Waals surface area contributed by atoms with E-state index in [9.17, 15) is 9.59 Å². The van der Waals surface area contributed by atoms with E-state index in [1.165, 1.54) is 0 Å². The molecule has 6 heteroatoms. The maximum Gasteiger partial charge on any atom is 0.255 e. The van der Waals surface area contributed by atoms with Gasteiger partial charge in [-0.05, 0) is 49.2 Å². The van der Waals surface area contributed by atoms with Crippen molar-refractivity contribution in [2.75, 3.05) is 19.8 Å². The highest BCUT2D eigenvalue weighted by molar-refractivity contribution is 5.98. The van der Waals surface area contributed by atoms with Crippen LogP contribution in [0.5, 0.6) is 11.5 Å². The van der Waals surface area contributed by atoms with Crippen molar-refractivity contribution in [3.63, 3.8) is 0 Å². The molecule has 166 valence electrons. The number of para-hydroxylation sites is 1. The van der Waals surface area contributed by atoms with Crippen LogP contribution >= 0.6 is 0 Å². The molecule has 0 bridgehead atoms. The topological polar surface area (TPSA) is 76.7 Å². The number of rotatable bonds is 10. The number of carbonyl (C=O) groups is 2. The number of benzene rings is 3. The second kappa shape index (κ2) is 11.6. The van der Waals surface area contributed by atoms with Gasteiger partial charge in [0.05, 0.1) is 31.4 Å². The van der Waals surface area contributed by atoms with Crippen molar-refractivity contribution in [2.45, 2.75) is 19.9 Å². The Hall–Kier alpha value is -3.80. The molecule has 3 aromatic rings. The first kappa shape index (κ1) is 22.9. The van der Waals surface area contributed by atoms with Gasteiger partial charge in [0, 0.05) is 0 Å². The molecule has 32 heavy (non-hydrogen) atoms. The third kappa shape index (κ3) is 6.11. The second-order valence-corrected chi connectivity index (χ2v) is 7.03. The molecule has 0 aliphatic carbocycles. The fourth-order valence-electron chi connectivity index (χ4n) is 3.33. The zero-order chi connectivity index (χ0) is 22.8. The fourth-order valence-corrected chi connectivity index (χ4v) is 3.33. The molecule has 2 amide bonds. The summed E-state index contributed by atoms with van der Waals surface area (Å²) in [6.07, 6.45) is 0. The molecule has 3 aromatic carbocycles. The van der Waals surface area contributed by atoms with Crippen LogP contribution in [0.3, 0.4) is 0 Å². The highest BCUT2D eigenvalue weighted by Crippen LogP contribution is 2.24. The molecule has 0 fully saturated rings. The zero-order valence-electron chi connectivity index (χ0n) is 18.3. The summed E-state index contributed by atoms with van der Waals surface area (Å²) in [5.74, 6) is 0.607. The Labute approximate surface area is 188 Å². The van der Waals surface area contributed by atoms with Gasteiger partial charge in [-0.1, -0.05) is 54.6 Å². The van der Waals surface area contributed by atoms with Crippen LogP contribution in [-0.2, 0) is 4.79 Å². The van der Waals surface area contributed by atoms with Crippen LogP contribution in [0.1, 0.15) is 41.4 Å². The average Bonchev–Trinajstić information content (AvgIpc) is 2.83. The first-order chi connectivity index (χ1) is 15.6. The van der Waals surface area contributed by atoms with Crippen LogP contribution in [0.2, 0.25) is 0 Å². The van der Waals surface area contributed by atoms with Crippen LogP contribution < -0.4 is 20.1 Å². The predicted molar refractivity (Wildman–Crippen MR) is 124 cm³/mol. The molecule has 1 unspecified atom stereocenters. The Morgan fingerprint density at radius 3 is 2.09 bits per heavy atom. The van der Waals surface area contributed by atoms with Crippen LogP contribution in [0.15, 0.2) is 78.9 Å². The minimum absolute atomic E-state index is 0.153. The van der Waals surface area contributed by atoms with Crippen molar-refractivity contribution in [2.24, 2.45) is 0 Å². The first-order valence-corrected chi connectivity index (χ1v) is 10.7. The van der Waals surface area contributed by atoms with Gasteiger partial charge in [-0.15, -0.1) is 0 Å². The molecule has 0 spiro atoms. The van der Waals surface area contributed by atoms with E-state index < -0.39 is 0 Å². The molecule has 0 saturated carbocycles. The van der Waals surface area contributed by atoms with Crippen molar-refractivity contribution in [1.82, 2.24) is 10.6 Å². The van der Waals surface area contributed by atoms with E-state index in [1.54, 1.807) is 24.3 Å². The number of hydrogen-bond acceptors (Lipinski definition) is 4. The van der Waals surface area contributed by atoms with Crippen molar-refractivity contribution < 1.29 is 19.1 Å². The number of amides is 2. The third-order valence-corrected chi connectivity index (χ3v) is 4.80. The Bertz CT molecular complexity index is 1020. The molecule has 0 aromatic heterocycles. The lowest BCUT2D eigenvalue weighted by atomic mass is 9.98. The molecule has 0 aliphatic rings. The standard InChI is InChI=1S/C26H28N2O4/c1-3-31-21-16-14-20(15-17-21)25(19-10-6-5-7-11-19)28-24(29)18-27-26(30)22-12-8-9-13-23(22)32-4-2/h5-17,25H,3-4,18H2,1-2H3,(H,27,30)(H,28,29). The van der Waals surface area contributed by atoms with Crippen molar-refractivity contribution in [1.29, 1.82) is 0 Å². The van der Waals surface area contributed by atoms with Crippen molar-refractivity contribution >= 4 is 11.8 Å². The van der Waals surface area contributed by atoms with Crippen LogP contribution in [0, 0.1) is 0 Å². The van der Waals surface area contributed by atoms with Gasteiger partial charge in [0.25, 0.3) is 5.91 Å². The summed E-state index contributed by atoms with van der Waals surface area (Å²) in [4.78, 5) is 25.3. The Kier molecular flexibility index (Phi) is 8.26. The summed E-state index contributed by atoms with van der Waals surface area (Å²) in [7, 11) is 0. The second-order valence-electron chi connectivity index (χ2n) is 7.03. The third-order valence-electron chi connectivity index (χ3n) is 4.80. The summed E-state index contributed by atoms with van der Waals surface area (Å²) in [5.41, 5.74) is 2.26. The number of nitrogens with one attached hydrogen (secondary N) is 2. The minimum atomic E-state index is -0.360. The monoisotopic (exact) mass is 432 g/mol. The van der Waals surface area contributed by atoms with E-state index in [1.807, 2.05) is 68.4 Å². The quantitative estimate of drug-likeness (QED) is 0.505. The largest absolute Gasteiger partial charge is 0.494 e. The van der Waals surface area contributed by atoms with Gasteiger partial charge in [-0.25, -0.2) is 0 Å².